The van der Waals surface area contributed by atoms with E-state index >= 15 is 0 Å². The van der Waals surface area contributed by atoms with Gasteiger partial charge in [-0.05, 0) is 72.5 Å². The standard InChI is InChI=1S/C22H36O4/c1-14-12-15(19(25)26-5)6-7-17-21(4)10-9-18(24)20(2,3)16(21)8-11-22(14,17)13-23/h6,14,16-18,23-24H,7-13H2,1-5H3. The molecule has 0 aromatic carbocycles. The Hall–Kier alpha value is -0.870. The summed E-state index contributed by atoms with van der Waals surface area (Å²) in [5, 5.41) is 21.2. The van der Waals surface area contributed by atoms with E-state index in [1.807, 2.05) is 0 Å². The molecule has 148 valence electrons. The average Bonchev–Trinajstić information content (AvgIpc) is 2.76. The van der Waals surface area contributed by atoms with Crippen LogP contribution in [0.15, 0.2) is 11.6 Å². The van der Waals surface area contributed by atoms with Gasteiger partial charge in [0, 0.05) is 12.2 Å². The van der Waals surface area contributed by atoms with Gasteiger partial charge in [0.05, 0.1) is 13.2 Å². The van der Waals surface area contributed by atoms with Gasteiger partial charge in [-0.1, -0.05) is 33.8 Å². The first-order chi connectivity index (χ1) is 12.1. The van der Waals surface area contributed by atoms with Gasteiger partial charge in [0.1, 0.15) is 0 Å². The normalized spacial score (nSPS) is 45.0. The predicted molar refractivity (Wildman–Crippen MR) is 101 cm³/mol. The molecule has 0 aromatic heterocycles. The fourth-order valence-corrected chi connectivity index (χ4v) is 7.05. The Morgan fingerprint density at radius 3 is 2.54 bits per heavy atom. The summed E-state index contributed by atoms with van der Waals surface area (Å²) in [6, 6.07) is 0. The third-order valence-electron chi connectivity index (χ3n) is 8.75. The molecule has 0 spiro atoms. The van der Waals surface area contributed by atoms with E-state index in [1.54, 1.807) is 0 Å². The maximum absolute atomic E-state index is 12.2. The Morgan fingerprint density at radius 1 is 1.23 bits per heavy atom. The van der Waals surface area contributed by atoms with E-state index in [-0.39, 0.29) is 40.8 Å². The Kier molecular flexibility index (Phi) is 5.07. The number of carbonyl (C=O) groups excluding carboxylic acids is 1. The summed E-state index contributed by atoms with van der Waals surface area (Å²) >= 11 is 0. The lowest BCUT2D eigenvalue weighted by molar-refractivity contribution is -0.192. The van der Waals surface area contributed by atoms with Crippen LogP contribution in [0.5, 0.6) is 0 Å². The maximum atomic E-state index is 12.2. The first kappa shape index (κ1) is 19.9. The molecular formula is C22H36O4. The van der Waals surface area contributed by atoms with Gasteiger partial charge in [-0.25, -0.2) is 4.79 Å². The van der Waals surface area contributed by atoms with Crippen molar-refractivity contribution < 1.29 is 19.7 Å². The van der Waals surface area contributed by atoms with Crippen LogP contribution in [0.4, 0.5) is 0 Å². The molecule has 0 amide bonds. The Labute approximate surface area is 158 Å². The van der Waals surface area contributed by atoms with Gasteiger partial charge < -0.3 is 14.9 Å². The second-order valence-corrected chi connectivity index (χ2v) is 9.98. The smallest absolute Gasteiger partial charge is 0.333 e. The summed E-state index contributed by atoms with van der Waals surface area (Å²) in [4.78, 5) is 12.2. The topological polar surface area (TPSA) is 66.8 Å². The number of hydrogen-bond donors (Lipinski definition) is 2. The summed E-state index contributed by atoms with van der Waals surface area (Å²) in [6.07, 6.45) is 7.12. The molecule has 0 bridgehead atoms. The van der Waals surface area contributed by atoms with Crippen molar-refractivity contribution >= 4 is 5.97 Å². The van der Waals surface area contributed by atoms with E-state index in [0.29, 0.717) is 18.3 Å². The molecule has 26 heavy (non-hydrogen) atoms. The van der Waals surface area contributed by atoms with Gasteiger partial charge in [0.25, 0.3) is 0 Å². The Morgan fingerprint density at radius 2 is 1.92 bits per heavy atom. The highest BCUT2D eigenvalue weighted by atomic mass is 16.5. The summed E-state index contributed by atoms with van der Waals surface area (Å²) in [7, 11) is 1.44. The van der Waals surface area contributed by atoms with Crippen molar-refractivity contribution in [3.63, 3.8) is 0 Å². The van der Waals surface area contributed by atoms with Crippen LogP contribution in [-0.4, -0.2) is 36.0 Å². The first-order valence-electron chi connectivity index (χ1n) is 10.2. The lowest BCUT2D eigenvalue weighted by Crippen LogP contribution is -2.60. The van der Waals surface area contributed by atoms with Crippen LogP contribution in [0.1, 0.15) is 66.2 Å². The molecule has 0 aliphatic heterocycles. The fraction of sp³-hybridized carbons (Fsp3) is 0.864. The molecule has 0 aromatic rings. The highest BCUT2D eigenvalue weighted by molar-refractivity contribution is 5.88. The number of fused-ring (bicyclic) bond motifs is 3. The number of methoxy groups -OCH3 is 1. The molecule has 2 saturated carbocycles. The zero-order valence-electron chi connectivity index (χ0n) is 17.0. The van der Waals surface area contributed by atoms with Crippen LogP contribution in [0.25, 0.3) is 0 Å². The summed E-state index contributed by atoms with van der Waals surface area (Å²) in [6.45, 7) is 9.16. The number of allylic oxidation sites excluding steroid dienone is 1. The van der Waals surface area contributed by atoms with Crippen LogP contribution < -0.4 is 0 Å². The van der Waals surface area contributed by atoms with E-state index in [0.717, 1.165) is 37.7 Å². The SMILES string of the molecule is COC(=O)C1=CCC2C3(C)CCC(O)C(C)(C)C3CCC2(CO)C(C)C1. The quantitative estimate of drug-likeness (QED) is 0.733. The number of aliphatic hydroxyl groups excluding tert-OH is 2. The minimum Gasteiger partial charge on any atom is -0.466 e. The molecule has 6 unspecified atom stereocenters. The molecular weight excluding hydrogens is 328 g/mol. The lowest BCUT2D eigenvalue weighted by atomic mass is 9.41. The van der Waals surface area contributed by atoms with E-state index in [9.17, 15) is 15.0 Å². The Balaban J connectivity index is 2.05. The Bertz CT molecular complexity index is 595. The van der Waals surface area contributed by atoms with E-state index in [1.165, 1.54) is 7.11 Å². The van der Waals surface area contributed by atoms with Crippen molar-refractivity contribution in [2.24, 2.45) is 34.0 Å². The van der Waals surface area contributed by atoms with Crippen molar-refractivity contribution in [2.45, 2.75) is 72.3 Å². The van der Waals surface area contributed by atoms with Gasteiger partial charge in [-0.2, -0.15) is 0 Å². The van der Waals surface area contributed by atoms with Crippen LogP contribution in [0.3, 0.4) is 0 Å². The molecule has 4 nitrogen and oxygen atoms in total. The fourth-order valence-electron chi connectivity index (χ4n) is 7.05. The molecule has 3 aliphatic carbocycles. The summed E-state index contributed by atoms with van der Waals surface area (Å²) in [5.74, 6) is 0.758. The summed E-state index contributed by atoms with van der Waals surface area (Å²) in [5.41, 5.74) is 0.562. The predicted octanol–water partition coefficient (Wildman–Crippen LogP) is 3.71. The molecule has 4 heteroatoms. The monoisotopic (exact) mass is 364 g/mol. The molecule has 3 rings (SSSR count). The highest BCUT2D eigenvalue weighted by Gasteiger charge is 2.62. The number of rotatable bonds is 2. The van der Waals surface area contributed by atoms with Crippen molar-refractivity contribution in [3.8, 4) is 0 Å². The van der Waals surface area contributed by atoms with Crippen molar-refractivity contribution in [2.75, 3.05) is 13.7 Å². The van der Waals surface area contributed by atoms with Gasteiger partial charge in [0.2, 0.25) is 0 Å². The minimum absolute atomic E-state index is 0.0695. The van der Waals surface area contributed by atoms with Crippen LogP contribution in [0, 0.1) is 34.0 Å². The lowest BCUT2D eigenvalue weighted by Gasteiger charge is -2.64. The molecule has 0 radical (unpaired) electrons. The zero-order valence-corrected chi connectivity index (χ0v) is 17.0. The molecule has 2 fully saturated rings. The van der Waals surface area contributed by atoms with E-state index in [4.69, 9.17) is 4.74 Å². The van der Waals surface area contributed by atoms with Crippen LogP contribution >= 0.6 is 0 Å². The zero-order chi connectivity index (χ0) is 19.3. The summed E-state index contributed by atoms with van der Waals surface area (Å²) < 4.78 is 4.99. The average molecular weight is 365 g/mol. The van der Waals surface area contributed by atoms with Gasteiger partial charge >= 0.3 is 5.97 Å². The number of esters is 1. The maximum Gasteiger partial charge on any atom is 0.333 e. The van der Waals surface area contributed by atoms with Crippen molar-refractivity contribution in [1.82, 2.24) is 0 Å². The molecule has 2 N–H and O–H groups in total. The second-order valence-electron chi connectivity index (χ2n) is 9.98. The number of aliphatic hydroxyl groups is 2. The van der Waals surface area contributed by atoms with E-state index in [2.05, 4.69) is 33.8 Å². The van der Waals surface area contributed by atoms with Crippen LogP contribution in [0.2, 0.25) is 0 Å². The number of ether oxygens (including phenoxy) is 1. The first-order valence-corrected chi connectivity index (χ1v) is 10.2. The minimum atomic E-state index is -0.258. The van der Waals surface area contributed by atoms with Gasteiger partial charge in [-0.15, -0.1) is 0 Å². The van der Waals surface area contributed by atoms with Crippen molar-refractivity contribution in [1.29, 1.82) is 0 Å². The third kappa shape index (κ3) is 2.67. The molecule has 0 saturated heterocycles. The molecule has 0 heterocycles. The van der Waals surface area contributed by atoms with Crippen LogP contribution in [-0.2, 0) is 9.53 Å². The van der Waals surface area contributed by atoms with Crippen molar-refractivity contribution in [3.05, 3.63) is 11.6 Å². The van der Waals surface area contributed by atoms with Gasteiger partial charge in [0.15, 0.2) is 0 Å². The number of hydrogen-bond acceptors (Lipinski definition) is 4. The highest BCUT2D eigenvalue weighted by Crippen LogP contribution is 2.67. The largest absolute Gasteiger partial charge is 0.466 e. The van der Waals surface area contributed by atoms with E-state index < -0.39 is 0 Å². The third-order valence-corrected chi connectivity index (χ3v) is 8.75. The number of carbonyl (C=O) groups is 1. The molecule has 3 aliphatic rings. The second kappa shape index (κ2) is 6.63. The van der Waals surface area contributed by atoms with Gasteiger partial charge in [-0.3, -0.25) is 0 Å². The molecule has 6 atom stereocenters.